The van der Waals surface area contributed by atoms with Gasteiger partial charge < -0.3 is 15.4 Å². The van der Waals surface area contributed by atoms with E-state index in [1.165, 1.54) is 55.0 Å². The minimum absolute atomic E-state index is 0.0165. The lowest BCUT2D eigenvalue weighted by Gasteiger charge is -2.21. The number of rotatable bonds is 9. The zero-order chi connectivity index (χ0) is 27.1. The maximum absolute atomic E-state index is 14.4. The monoisotopic (exact) mass is 532 g/mol. The third-order valence-corrected chi connectivity index (χ3v) is 6.64. The van der Waals surface area contributed by atoms with E-state index in [9.17, 15) is 26.7 Å². The normalized spacial score (nSPS) is 14.2. The molecule has 9 heteroatoms. The Bertz CT molecular complexity index is 1240. The van der Waals surface area contributed by atoms with Crippen LogP contribution in [0.25, 0.3) is 0 Å². The third-order valence-electron chi connectivity index (χ3n) is 6.64. The van der Waals surface area contributed by atoms with Crippen LogP contribution in [-0.2, 0) is 17.6 Å². The van der Waals surface area contributed by atoms with Gasteiger partial charge in [-0.25, -0.2) is 8.78 Å². The summed E-state index contributed by atoms with van der Waals surface area (Å²) in [5.41, 5.74) is -0.554. The predicted octanol–water partition coefficient (Wildman–Crippen LogP) is 8.61. The average molecular weight is 533 g/mol. The summed E-state index contributed by atoms with van der Waals surface area (Å²) >= 11 is 0. The molecule has 1 aliphatic rings. The Kier molecular flexibility index (Phi) is 8.86. The second kappa shape index (κ2) is 12.3. The van der Waals surface area contributed by atoms with E-state index in [1.807, 2.05) is 0 Å². The molecule has 1 aliphatic carbocycles. The molecule has 0 saturated heterocycles. The lowest BCUT2D eigenvalue weighted by atomic mass is 9.86. The van der Waals surface area contributed by atoms with E-state index in [1.54, 1.807) is 0 Å². The van der Waals surface area contributed by atoms with Crippen LogP contribution in [0.1, 0.15) is 56.1 Å². The number of anilines is 3. The first-order valence-electron chi connectivity index (χ1n) is 12.6. The summed E-state index contributed by atoms with van der Waals surface area (Å²) in [5.74, 6) is -0.952. The summed E-state index contributed by atoms with van der Waals surface area (Å²) in [7, 11) is 0. The highest BCUT2D eigenvalue weighted by Crippen LogP contribution is 2.39. The lowest BCUT2D eigenvalue weighted by Crippen LogP contribution is -2.15. The van der Waals surface area contributed by atoms with Crippen molar-refractivity contribution in [3.05, 3.63) is 83.4 Å². The number of benzene rings is 3. The fourth-order valence-electron chi connectivity index (χ4n) is 4.58. The first kappa shape index (κ1) is 27.4. The highest BCUT2D eigenvalue weighted by atomic mass is 19.4. The van der Waals surface area contributed by atoms with Gasteiger partial charge in [0, 0.05) is 12.1 Å². The second-order valence-electron chi connectivity index (χ2n) is 9.53. The number of carbonyl (C=O) groups is 1. The van der Waals surface area contributed by atoms with Gasteiger partial charge in [0.2, 0.25) is 5.91 Å². The van der Waals surface area contributed by atoms with Crippen LogP contribution in [0.2, 0.25) is 0 Å². The van der Waals surface area contributed by atoms with Crippen LogP contribution in [0, 0.1) is 17.6 Å². The summed E-state index contributed by atoms with van der Waals surface area (Å²) in [6.07, 6.45) is 2.03. The molecule has 3 aromatic carbocycles. The highest BCUT2D eigenvalue weighted by molar-refractivity contribution is 5.91. The molecule has 1 fully saturated rings. The van der Waals surface area contributed by atoms with E-state index in [0.717, 1.165) is 44.2 Å². The van der Waals surface area contributed by atoms with Crippen LogP contribution >= 0.6 is 0 Å². The van der Waals surface area contributed by atoms with Crippen LogP contribution in [0.3, 0.4) is 0 Å². The van der Waals surface area contributed by atoms with Gasteiger partial charge in [-0.05, 0) is 66.4 Å². The first-order valence-corrected chi connectivity index (χ1v) is 12.6. The maximum Gasteiger partial charge on any atom is 0.418 e. The molecule has 1 saturated carbocycles. The Morgan fingerprint density at radius 1 is 0.895 bits per heavy atom. The Labute approximate surface area is 218 Å². The molecule has 4 rings (SSSR count). The second-order valence-corrected chi connectivity index (χ2v) is 9.53. The van der Waals surface area contributed by atoms with Gasteiger partial charge in [-0.3, -0.25) is 4.79 Å². The minimum Gasteiger partial charge on any atom is -0.489 e. The van der Waals surface area contributed by atoms with Crippen molar-refractivity contribution in [1.82, 2.24) is 0 Å². The fourth-order valence-corrected chi connectivity index (χ4v) is 4.58. The molecule has 4 nitrogen and oxygen atoms in total. The number of ether oxygens (including phenoxy) is 1. The largest absolute Gasteiger partial charge is 0.489 e. The molecule has 0 heterocycles. The van der Waals surface area contributed by atoms with Gasteiger partial charge in [0.05, 0.1) is 16.9 Å². The molecule has 3 aromatic rings. The molecule has 0 aromatic heterocycles. The van der Waals surface area contributed by atoms with Gasteiger partial charge in [-0.15, -0.1) is 0 Å². The molecule has 0 aliphatic heterocycles. The van der Waals surface area contributed by atoms with Gasteiger partial charge in [-0.1, -0.05) is 44.2 Å². The fraction of sp³-hybridized carbons (Fsp3) is 0.345. The van der Waals surface area contributed by atoms with Crippen molar-refractivity contribution in [2.75, 3.05) is 10.6 Å². The molecule has 0 unspecified atom stereocenters. The van der Waals surface area contributed by atoms with Crippen LogP contribution in [0.5, 0.6) is 5.75 Å². The van der Waals surface area contributed by atoms with Crippen molar-refractivity contribution >= 4 is 23.0 Å². The summed E-state index contributed by atoms with van der Waals surface area (Å²) < 4.78 is 74.4. The Hall–Kier alpha value is -3.62. The molecule has 38 heavy (non-hydrogen) atoms. The van der Waals surface area contributed by atoms with Crippen molar-refractivity contribution in [2.45, 2.75) is 57.7 Å². The number of nitrogens with one attached hydrogen (secondary N) is 2. The average Bonchev–Trinajstić information content (AvgIpc) is 2.89. The zero-order valence-electron chi connectivity index (χ0n) is 20.7. The Morgan fingerprint density at radius 3 is 2.34 bits per heavy atom. The van der Waals surface area contributed by atoms with E-state index < -0.39 is 23.4 Å². The van der Waals surface area contributed by atoms with Gasteiger partial charge in [0.25, 0.3) is 0 Å². The van der Waals surface area contributed by atoms with E-state index in [2.05, 4.69) is 10.6 Å². The van der Waals surface area contributed by atoms with E-state index in [0.29, 0.717) is 11.5 Å². The van der Waals surface area contributed by atoms with Crippen molar-refractivity contribution in [3.8, 4) is 5.75 Å². The number of alkyl halides is 3. The molecule has 0 atom stereocenters. The van der Waals surface area contributed by atoms with E-state index >= 15 is 0 Å². The molecule has 1 amide bonds. The van der Waals surface area contributed by atoms with Crippen LogP contribution in [0.15, 0.2) is 60.7 Å². The van der Waals surface area contributed by atoms with Gasteiger partial charge in [0.1, 0.15) is 24.0 Å². The van der Waals surface area contributed by atoms with E-state index in [4.69, 9.17) is 4.74 Å². The molecule has 0 radical (unpaired) electrons. The van der Waals surface area contributed by atoms with Crippen LogP contribution < -0.4 is 15.4 Å². The zero-order valence-corrected chi connectivity index (χ0v) is 20.7. The van der Waals surface area contributed by atoms with Crippen LogP contribution in [0.4, 0.5) is 39.0 Å². The summed E-state index contributed by atoms with van der Waals surface area (Å²) in [6.45, 7) is -0.0356. The lowest BCUT2D eigenvalue weighted by molar-refractivity contribution is -0.137. The molecule has 0 bridgehead atoms. The predicted molar refractivity (Wildman–Crippen MR) is 136 cm³/mol. The molecular weight excluding hydrogens is 503 g/mol. The number of hydrogen-bond donors (Lipinski definition) is 2. The topological polar surface area (TPSA) is 50.4 Å². The SMILES string of the molecule is O=C(CCC1CCCCC1)Nc1cc(Nc2ccc(OCc3ccc(F)cc3)cc2C(F)(F)F)ccc1F. The molecule has 0 spiro atoms. The van der Waals surface area contributed by atoms with Crippen molar-refractivity contribution in [3.63, 3.8) is 0 Å². The third kappa shape index (κ3) is 7.69. The quantitative estimate of drug-likeness (QED) is 0.271. The minimum atomic E-state index is -4.70. The first-order chi connectivity index (χ1) is 18.2. The van der Waals surface area contributed by atoms with Crippen LogP contribution in [-0.4, -0.2) is 5.91 Å². The summed E-state index contributed by atoms with van der Waals surface area (Å²) in [5, 5.41) is 5.22. The molecular formula is C29H29F5N2O2. The van der Waals surface area contributed by atoms with Gasteiger partial charge in [-0.2, -0.15) is 13.2 Å². The van der Waals surface area contributed by atoms with E-state index in [-0.39, 0.29) is 41.7 Å². The molecule has 2 N–H and O–H groups in total. The smallest absolute Gasteiger partial charge is 0.418 e. The van der Waals surface area contributed by atoms with Crippen molar-refractivity contribution in [1.29, 1.82) is 0 Å². The van der Waals surface area contributed by atoms with Gasteiger partial charge in [0.15, 0.2) is 0 Å². The Morgan fingerprint density at radius 2 is 1.63 bits per heavy atom. The number of amides is 1. The Balaban J connectivity index is 1.43. The summed E-state index contributed by atoms with van der Waals surface area (Å²) in [4.78, 5) is 12.4. The number of carbonyl (C=O) groups excluding carboxylic acids is 1. The number of halogens is 5. The number of hydrogen-bond acceptors (Lipinski definition) is 3. The summed E-state index contributed by atoms with van der Waals surface area (Å²) in [6, 6.07) is 12.6. The molecule has 202 valence electrons. The van der Waals surface area contributed by atoms with Crippen molar-refractivity contribution in [2.24, 2.45) is 5.92 Å². The standard InChI is InChI=1S/C29H29F5N2O2/c30-21-9-6-20(7-10-21)18-38-23-12-14-26(24(17-23)29(32,33)34)35-22-11-13-25(31)27(16-22)36-28(37)15-8-19-4-2-1-3-5-19/h6-7,9-14,16-17,19,35H,1-5,8,15,18H2,(H,36,37). The van der Waals surface area contributed by atoms with Gasteiger partial charge >= 0.3 is 6.18 Å². The van der Waals surface area contributed by atoms with Crippen molar-refractivity contribution < 1.29 is 31.5 Å². The highest BCUT2D eigenvalue weighted by Gasteiger charge is 2.34. The maximum atomic E-state index is 14.4.